The number of nitrogens with one attached hydrogen (secondary N) is 1. The van der Waals surface area contributed by atoms with Crippen molar-refractivity contribution in [3.8, 4) is 6.07 Å². The standard InChI is InChI=1S/C14H18F2N2S/c1-4-18-14(3,9-17)8-10(2)19-13-7-11(15)5-6-12(13)16/h5-7,10,18H,4,8H2,1-3H3. The third-order valence-corrected chi connectivity index (χ3v) is 3.87. The molecule has 0 aliphatic rings. The number of benzene rings is 1. The fourth-order valence-electron chi connectivity index (χ4n) is 1.95. The molecule has 2 unspecified atom stereocenters. The summed E-state index contributed by atoms with van der Waals surface area (Å²) >= 11 is 1.25. The molecule has 1 N–H and O–H groups in total. The largest absolute Gasteiger partial charge is 0.300 e. The average Bonchev–Trinajstić information content (AvgIpc) is 2.34. The molecule has 0 aliphatic heterocycles. The second kappa shape index (κ2) is 6.88. The van der Waals surface area contributed by atoms with Crippen LogP contribution in [-0.4, -0.2) is 17.3 Å². The van der Waals surface area contributed by atoms with E-state index in [4.69, 9.17) is 0 Å². The first-order chi connectivity index (χ1) is 8.90. The first kappa shape index (κ1) is 15.9. The first-order valence-corrected chi connectivity index (χ1v) is 7.06. The van der Waals surface area contributed by atoms with Gasteiger partial charge in [0, 0.05) is 10.1 Å². The Hall–Kier alpha value is -1.12. The number of nitriles is 1. The molecule has 1 aromatic carbocycles. The lowest BCUT2D eigenvalue weighted by Crippen LogP contribution is -2.42. The number of hydrogen-bond acceptors (Lipinski definition) is 3. The summed E-state index contributed by atoms with van der Waals surface area (Å²) in [5, 5.41) is 12.3. The number of nitrogens with zero attached hydrogens (tertiary/aromatic N) is 1. The van der Waals surface area contributed by atoms with Gasteiger partial charge in [-0.1, -0.05) is 13.8 Å². The van der Waals surface area contributed by atoms with Crippen molar-refractivity contribution in [3.63, 3.8) is 0 Å². The molecule has 0 amide bonds. The van der Waals surface area contributed by atoms with Gasteiger partial charge in [-0.3, -0.25) is 5.32 Å². The SMILES string of the molecule is CCNC(C)(C#N)CC(C)Sc1cc(F)ccc1F. The Morgan fingerprint density at radius 3 is 2.74 bits per heavy atom. The van der Waals surface area contributed by atoms with Crippen molar-refractivity contribution in [2.45, 2.75) is 42.9 Å². The lowest BCUT2D eigenvalue weighted by molar-refractivity contribution is 0.429. The normalized spacial score (nSPS) is 15.6. The van der Waals surface area contributed by atoms with Crippen LogP contribution in [0.3, 0.4) is 0 Å². The molecule has 0 aliphatic carbocycles. The fraction of sp³-hybridized carbons (Fsp3) is 0.500. The summed E-state index contributed by atoms with van der Waals surface area (Å²) in [7, 11) is 0. The van der Waals surface area contributed by atoms with Gasteiger partial charge >= 0.3 is 0 Å². The van der Waals surface area contributed by atoms with Crippen LogP contribution in [-0.2, 0) is 0 Å². The third kappa shape index (κ3) is 4.81. The van der Waals surface area contributed by atoms with Gasteiger partial charge in [-0.2, -0.15) is 5.26 Å². The molecular formula is C14H18F2N2S. The van der Waals surface area contributed by atoms with Crippen molar-refractivity contribution in [2.75, 3.05) is 6.54 Å². The molecule has 0 spiro atoms. The van der Waals surface area contributed by atoms with E-state index in [0.29, 0.717) is 13.0 Å². The van der Waals surface area contributed by atoms with Crippen LogP contribution in [0, 0.1) is 23.0 Å². The van der Waals surface area contributed by atoms with E-state index in [0.717, 1.165) is 12.1 Å². The summed E-state index contributed by atoms with van der Waals surface area (Å²) in [6, 6.07) is 5.64. The van der Waals surface area contributed by atoms with E-state index in [-0.39, 0.29) is 10.1 Å². The number of thioether (sulfide) groups is 1. The van der Waals surface area contributed by atoms with Crippen molar-refractivity contribution in [3.05, 3.63) is 29.8 Å². The summed E-state index contributed by atoms with van der Waals surface area (Å²) in [5.41, 5.74) is -0.648. The lowest BCUT2D eigenvalue weighted by Gasteiger charge is -2.25. The smallest absolute Gasteiger partial charge is 0.136 e. The zero-order chi connectivity index (χ0) is 14.5. The van der Waals surface area contributed by atoms with Crippen molar-refractivity contribution >= 4 is 11.8 Å². The van der Waals surface area contributed by atoms with Gasteiger partial charge < -0.3 is 0 Å². The van der Waals surface area contributed by atoms with Gasteiger partial charge in [0.25, 0.3) is 0 Å². The Morgan fingerprint density at radius 2 is 2.16 bits per heavy atom. The van der Waals surface area contributed by atoms with Gasteiger partial charge in [-0.25, -0.2) is 8.78 Å². The second-order valence-electron chi connectivity index (χ2n) is 4.68. The Morgan fingerprint density at radius 1 is 1.47 bits per heavy atom. The predicted octanol–water partition coefficient (Wildman–Crippen LogP) is 3.73. The summed E-state index contributed by atoms with van der Waals surface area (Å²) in [6.07, 6.45) is 0.554. The monoisotopic (exact) mass is 284 g/mol. The van der Waals surface area contributed by atoms with Gasteiger partial charge in [0.05, 0.1) is 6.07 Å². The molecule has 0 heterocycles. The molecule has 2 nitrogen and oxygen atoms in total. The Labute approximate surface area is 117 Å². The van der Waals surface area contributed by atoms with Crippen molar-refractivity contribution in [1.82, 2.24) is 5.32 Å². The molecule has 0 fully saturated rings. The molecule has 5 heteroatoms. The third-order valence-electron chi connectivity index (χ3n) is 2.73. The van der Waals surface area contributed by atoms with Crippen LogP contribution >= 0.6 is 11.8 Å². The van der Waals surface area contributed by atoms with E-state index in [9.17, 15) is 14.0 Å². The van der Waals surface area contributed by atoms with Crippen LogP contribution in [0.5, 0.6) is 0 Å². The highest BCUT2D eigenvalue weighted by Gasteiger charge is 2.26. The number of halogens is 2. The highest BCUT2D eigenvalue weighted by Crippen LogP contribution is 2.30. The summed E-state index contributed by atoms with van der Waals surface area (Å²) in [6.45, 7) is 6.34. The minimum atomic E-state index is -0.648. The fourth-order valence-corrected chi connectivity index (χ4v) is 3.16. The molecule has 104 valence electrons. The molecule has 1 aromatic rings. The molecular weight excluding hydrogens is 266 g/mol. The molecule has 1 rings (SSSR count). The topological polar surface area (TPSA) is 35.8 Å². The minimum Gasteiger partial charge on any atom is -0.300 e. The highest BCUT2D eigenvalue weighted by atomic mass is 32.2. The van der Waals surface area contributed by atoms with E-state index in [1.807, 2.05) is 20.8 Å². The maximum atomic E-state index is 13.5. The maximum absolute atomic E-state index is 13.5. The first-order valence-electron chi connectivity index (χ1n) is 6.18. The van der Waals surface area contributed by atoms with E-state index >= 15 is 0 Å². The van der Waals surface area contributed by atoms with E-state index in [2.05, 4.69) is 11.4 Å². The van der Waals surface area contributed by atoms with E-state index < -0.39 is 17.2 Å². The summed E-state index contributed by atoms with van der Waals surface area (Å²) in [4.78, 5) is 0.282. The molecule has 19 heavy (non-hydrogen) atoms. The van der Waals surface area contributed by atoms with Crippen LogP contribution in [0.1, 0.15) is 27.2 Å². The zero-order valence-electron chi connectivity index (χ0n) is 11.3. The van der Waals surface area contributed by atoms with Crippen molar-refractivity contribution < 1.29 is 8.78 Å². The summed E-state index contributed by atoms with van der Waals surface area (Å²) < 4.78 is 26.6. The maximum Gasteiger partial charge on any atom is 0.136 e. The molecule has 0 aromatic heterocycles. The van der Waals surface area contributed by atoms with Crippen LogP contribution in [0.4, 0.5) is 8.78 Å². The molecule has 2 atom stereocenters. The molecule has 0 saturated heterocycles. The molecule has 0 radical (unpaired) electrons. The van der Waals surface area contributed by atoms with Crippen LogP contribution in [0.2, 0.25) is 0 Å². The van der Waals surface area contributed by atoms with Gasteiger partial charge in [0.2, 0.25) is 0 Å². The predicted molar refractivity (Wildman–Crippen MR) is 74.0 cm³/mol. The van der Waals surface area contributed by atoms with Gasteiger partial charge in [-0.05, 0) is 38.1 Å². The molecule has 0 saturated carbocycles. The van der Waals surface area contributed by atoms with Crippen molar-refractivity contribution in [1.29, 1.82) is 5.26 Å². The van der Waals surface area contributed by atoms with Crippen LogP contribution in [0.25, 0.3) is 0 Å². The zero-order valence-corrected chi connectivity index (χ0v) is 12.2. The van der Waals surface area contributed by atoms with Gasteiger partial charge in [0.1, 0.15) is 17.2 Å². The van der Waals surface area contributed by atoms with Gasteiger partial charge in [-0.15, -0.1) is 11.8 Å². The summed E-state index contributed by atoms with van der Waals surface area (Å²) in [5.74, 6) is -0.883. The second-order valence-corrected chi connectivity index (χ2v) is 6.16. The highest BCUT2D eigenvalue weighted by molar-refractivity contribution is 8.00. The minimum absolute atomic E-state index is 0. The average molecular weight is 284 g/mol. The van der Waals surface area contributed by atoms with Gasteiger partial charge in [0.15, 0.2) is 0 Å². The van der Waals surface area contributed by atoms with Crippen LogP contribution in [0.15, 0.2) is 23.1 Å². The lowest BCUT2D eigenvalue weighted by atomic mass is 9.98. The van der Waals surface area contributed by atoms with E-state index in [1.165, 1.54) is 17.8 Å². The number of rotatable bonds is 6. The van der Waals surface area contributed by atoms with Crippen LogP contribution < -0.4 is 5.32 Å². The van der Waals surface area contributed by atoms with E-state index in [1.54, 1.807) is 0 Å². The number of hydrogen-bond donors (Lipinski definition) is 1. The Kier molecular flexibility index (Phi) is 5.77. The quantitative estimate of drug-likeness (QED) is 0.809. The Bertz CT molecular complexity index is 473. The van der Waals surface area contributed by atoms with Crippen molar-refractivity contribution in [2.24, 2.45) is 0 Å². The Balaban J connectivity index is 2.72. The molecule has 0 bridgehead atoms.